The number of hydrogen-bond acceptors (Lipinski definition) is 4. The Hall–Kier alpha value is -3.20. The third-order valence-electron chi connectivity index (χ3n) is 2.95. The molecule has 0 aliphatic rings. The molecule has 0 aliphatic heterocycles. The summed E-state index contributed by atoms with van der Waals surface area (Å²) in [6.45, 7) is 1.64. The lowest BCUT2D eigenvalue weighted by Crippen LogP contribution is -2.15. The summed E-state index contributed by atoms with van der Waals surface area (Å²) >= 11 is 0. The van der Waals surface area contributed by atoms with E-state index in [2.05, 4.69) is 5.32 Å². The lowest BCUT2D eigenvalue weighted by atomic mass is 10.1. The SMILES string of the molecule is Cc1cccc([N+](=O)[O-])c1C(=O)Nc1ccc(C#N)cc1. The lowest BCUT2D eigenvalue weighted by molar-refractivity contribution is -0.385. The number of anilines is 1. The van der Waals surface area contributed by atoms with Crippen molar-refractivity contribution in [1.82, 2.24) is 0 Å². The summed E-state index contributed by atoms with van der Waals surface area (Å²) in [7, 11) is 0. The first kappa shape index (κ1) is 14.2. The minimum atomic E-state index is -0.583. The van der Waals surface area contributed by atoms with Gasteiger partial charge in [0.15, 0.2) is 0 Å². The fraction of sp³-hybridized carbons (Fsp3) is 0.0667. The number of benzene rings is 2. The third kappa shape index (κ3) is 3.04. The standard InChI is InChI=1S/C15H11N3O3/c1-10-3-2-4-13(18(20)21)14(10)15(19)17-12-7-5-11(9-16)6-8-12/h2-8H,1H3,(H,17,19). The quantitative estimate of drug-likeness (QED) is 0.690. The predicted octanol–water partition coefficient (Wildman–Crippen LogP) is 3.03. The molecule has 0 saturated carbocycles. The molecular formula is C15H11N3O3. The van der Waals surface area contributed by atoms with E-state index in [9.17, 15) is 14.9 Å². The van der Waals surface area contributed by atoms with Crippen molar-refractivity contribution in [3.8, 4) is 6.07 Å². The Morgan fingerprint density at radius 1 is 1.24 bits per heavy atom. The Morgan fingerprint density at radius 2 is 1.90 bits per heavy atom. The topological polar surface area (TPSA) is 96.0 Å². The van der Waals surface area contributed by atoms with Crippen molar-refractivity contribution < 1.29 is 9.72 Å². The molecule has 0 heterocycles. The van der Waals surface area contributed by atoms with Gasteiger partial charge in [0.1, 0.15) is 5.56 Å². The molecule has 1 amide bonds. The van der Waals surface area contributed by atoms with Gasteiger partial charge in [-0.15, -0.1) is 0 Å². The maximum absolute atomic E-state index is 12.2. The summed E-state index contributed by atoms with van der Waals surface area (Å²) in [5.41, 5.74) is 1.26. The molecule has 21 heavy (non-hydrogen) atoms. The summed E-state index contributed by atoms with van der Waals surface area (Å²) in [4.78, 5) is 22.7. The van der Waals surface area contributed by atoms with E-state index >= 15 is 0 Å². The molecular weight excluding hydrogens is 270 g/mol. The van der Waals surface area contributed by atoms with Crippen molar-refractivity contribution in [2.45, 2.75) is 6.92 Å². The highest BCUT2D eigenvalue weighted by Crippen LogP contribution is 2.23. The second-order valence-corrected chi connectivity index (χ2v) is 4.37. The van der Waals surface area contributed by atoms with Gasteiger partial charge in [-0.2, -0.15) is 5.26 Å². The van der Waals surface area contributed by atoms with E-state index in [-0.39, 0.29) is 11.3 Å². The normalized spacial score (nSPS) is 9.71. The van der Waals surface area contributed by atoms with Crippen molar-refractivity contribution in [3.63, 3.8) is 0 Å². The van der Waals surface area contributed by atoms with Crippen LogP contribution < -0.4 is 5.32 Å². The second kappa shape index (κ2) is 5.84. The molecule has 1 N–H and O–H groups in total. The van der Waals surface area contributed by atoms with Gasteiger partial charge < -0.3 is 5.32 Å². The molecule has 6 nitrogen and oxygen atoms in total. The van der Waals surface area contributed by atoms with Gasteiger partial charge in [-0.05, 0) is 36.8 Å². The number of rotatable bonds is 3. The minimum absolute atomic E-state index is 0.0341. The Balaban J connectivity index is 2.32. The zero-order valence-corrected chi connectivity index (χ0v) is 11.2. The monoisotopic (exact) mass is 281 g/mol. The molecule has 0 spiro atoms. The zero-order valence-electron chi connectivity index (χ0n) is 11.2. The Kier molecular flexibility index (Phi) is 3.95. The number of aryl methyl sites for hydroxylation is 1. The van der Waals surface area contributed by atoms with E-state index in [1.807, 2.05) is 6.07 Å². The highest BCUT2D eigenvalue weighted by molar-refractivity contribution is 6.08. The van der Waals surface area contributed by atoms with Crippen LogP contribution in [-0.2, 0) is 0 Å². The van der Waals surface area contributed by atoms with Crippen LogP contribution in [0.3, 0.4) is 0 Å². The summed E-state index contributed by atoms with van der Waals surface area (Å²) in [5.74, 6) is -0.551. The van der Waals surface area contributed by atoms with Crippen LogP contribution in [0.1, 0.15) is 21.5 Å². The fourth-order valence-corrected chi connectivity index (χ4v) is 1.92. The molecule has 2 rings (SSSR count). The van der Waals surface area contributed by atoms with E-state index in [0.717, 1.165) is 0 Å². The molecule has 0 radical (unpaired) electrons. The average Bonchev–Trinajstić information content (AvgIpc) is 2.47. The van der Waals surface area contributed by atoms with Gasteiger partial charge in [0.25, 0.3) is 11.6 Å². The summed E-state index contributed by atoms with van der Waals surface area (Å²) in [6, 6.07) is 12.7. The molecule has 2 aromatic carbocycles. The molecule has 2 aromatic rings. The minimum Gasteiger partial charge on any atom is -0.322 e. The number of carbonyl (C=O) groups excluding carboxylic acids is 1. The number of nitrogens with zero attached hydrogens (tertiary/aromatic N) is 2. The van der Waals surface area contributed by atoms with Crippen LogP contribution in [0.25, 0.3) is 0 Å². The molecule has 104 valence electrons. The first-order chi connectivity index (χ1) is 10.0. The largest absolute Gasteiger partial charge is 0.322 e. The Morgan fingerprint density at radius 3 is 2.48 bits per heavy atom. The van der Waals surface area contributed by atoms with Crippen molar-refractivity contribution in [1.29, 1.82) is 5.26 Å². The smallest absolute Gasteiger partial charge is 0.282 e. The number of carbonyl (C=O) groups is 1. The van der Waals surface area contributed by atoms with Crippen LogP contribution in [0.5, 0.6) is 0 Å². The number of amides is 1. The zero-order chi connectivity index (χ0) is 15.4. The van der Waals surface area contributed by atoms with E-state index < -0.39 is 10.8 Å². The summed E-state index contributed by atoms with van der Waals surface area (Å²) in [6.07, 6.45) is 0. The Bertz CT molecular complexity index is 746. The highest BCUT2D eigenvalue weighted by Gasteiger charge is 2.22. The van der Waals surface area contributed by atoms with Crippen molar-refractivity contribution in [2.75, 3.05) is 5.32 Å². The molecule has 0 aliphatic carbocycles. The molecule has 6 heteroatoms. The van der Waals surface area contributed by atoms with Crippen LogP contribution in [0.2, 0.25) is 0 Å². The van der Waals surface area contributed by atoms with Gasteiger partial charge >= 0.3 is 0 Å². The molecule has 0 atom stereocenters. The van der Waals surface area contributed by atoms with Crippen LogP contribution in [0, 0.1) is 28.4 Å². The van der Waals surface area contributed by atoms with Crippen LogP contribution in [0.15, 0.2) is 42.5 Å². The van der Waals surface area contributed by atoms with E-state index in [1.165, 1.54) is 12.1 Å². The number of nitrogens with one attached hydrogen (secondary N) is 1. The predicted molar refractivity (Wildman–Crippen MR) is 76.9 cm³/mol. The van der Waals surface area contributed by atoms with Crippen molar-refractivity contribution in [3.05, 3.63) is 69.3 Å². The Labute approximate surface area is 120 Å². The van der Waals surface area contributed by atoms with Gasteiger partial charge in [-0.1, -0.05) is 12.1 Å². The second-order valence-electron chi connectivity index (χ2n) is 4.37. The number of nitro benzene ring substituents is 1. The van der Waals surface area contributed by atoms with E-state index in [4.69, 9.17) is 5.26 Å². The average molecular weight is 281 g/mol. The van der Waals surface area contributed by atoms with Gasteiger partial charge in [0, 0.05) is 11.8 Å². The maximum atomic E-state index is 12.2. The first-order valence-electron chi connectivity index (χ1n) is 6.08. The van der Waals surface area contributed by atoms with Gasteiger partial charge in [0.05, 0.1) is 16.6 Å². The summed E-state index contributed by atoms with van der Waals surface area (Å²) < 4.78 is 0. The number of nitriles is 1. The van der Waals surface area contributed by atoms with Gasteiger partial charge in [-0.3, -0.25) is 14.9 Å². The third-order valence-corrected chi connectivity index (χ3v) is 2.95. The van der Waals surface area contributed by atoms with Crippen molar-refractivity contribution in [2.24, 2.45) is 0 Å². The molecule has 0 unspecified atom stereocenters. The molecule has 0 fully saturated rings. The van der Waals surface area contributed by atoms with Crippen LogP contribution in [-0.4, -0.2) is 10.8 Å². The molecule has 0 saturated heterocycles. The van der Waals surface area contributed by atoms with Crippen LogP contribution in [0.4, 0.5) is 11.4 Å². The highest BCUT2D eigenvalue weighted by atomic mass is 16.6. The summed E-state index contributed by atoms with van der Waals surface area (Å²) in [5, 5.41) is 22.3. The number of nitro groups is 1. The van der Waals surface area contributed by atoms with Gasteiger partial charge in [0.2, 0.25) is 0 Å². The number of hydrogen-bond donors (Lipinski definition) is 1. The maximum Gasteiger partial charge on any atom is 0.282 e. The fourth-order valence-electron chi connectivity index (χ4n) is 1.92. The molecule has 0 aromatic heterocycles. The van der Waals surface area contributed by atoms with Gasteiger partial charge in [-0.25, -0.2) is 0 Å². The van der Waals surface area contributed by atoms with Crippen LogP contribution >= 0.6 is 0 Å². The first-order valence-corrected chi connectivity index (χ1v) is 6.08. The molecule has 0 bridgehead atoms. The van der Waals surface area contributed by atoms with E-state index in [0.29, 0.717) is 16.8 Å². The van der Waals surface area contributed by atoms with Crippen molar-refractivity contribution >= 4 is 17.3 Å². The lowest BCUT2D eigenvalue weighted by Gasteiger charge is -2.08. The van der Waals surface area contributed by atoms with E-state index in [1.54, 1.807) is 37.3 Å².